The monoisotopic (exact) mass is 348 g/mol. The van der Waals surface area contributed by atoms with E-state index in [9.17, 15) is 9.59 Å². The Kier molecular flexibility index (Phi) is 4.35. The van der Waals surface area contributed by atoms with E-state index in [0.717, 1.165) is 69.6 Å². The fourth-order valence-corrected chi connectivity index (χ4v) is 4.86. The highest BCUT2D eigenvalue weighted by molar-refractivity contribution is 7.12. The average Bonchev–Trinajstić information content (AvgIpc) is 3.36. The molecule has 3 fully saturated rings. The summed E-state index contributed by atoms with van der Waals surface area (Å²) in [5.41, 5.74) is -0.188. The van der Waals surface area contributed by atoms with Gasteiger partial charge in [0.1, 0.15) is 6.10 Å². The second-order valence-corrected chi connectivity index (χ2v) is 8.08. The first-order chi connectivity index (χ1) is 11.7. The summed E-state index contributed by atoms with van der Waals surface area (Å²) in [5.74, 6) is 0.309. The van der Waals surface area contributed by atoms with Crippen molar-refractivity contribution in [1.29, 1.82) is 0 Å². The molecule has 24 heavy (non-hydrogen) atoms. The maximum Gasteiger partial charge on any atom is 0.263 e. The molecule has 1 spiro atoms. The minimum Gasteiger partial charge on any atom is -0.362 e. The Labute approximate surface area is 146 Å². The highest BCUT2D eigenvalue weighted by Gasteiger charge is 2.46. The molecule has 0 radical (unpaired) electrons. The Morgan fingerprint density at radius 2 is 1.83 bits per heavy atom. The molecule has 0 N–H and O–H groups in total. The third-order valence-electron chi connectivity index (χ3n) is 5.64. The van der Waals surface area contributed by atoms with Crippen LogP contribution in [0.5, 0.6) is 0 Å². The Morgan fingerprint density at radius 3 is 2.50 bits per heavy atom. The standard InChI is InChI=1S/C18H24N2O3S/c21-16(19-9-1-2-10-19)14-5-6-18(23-14)7-11-20(12-8-18)17(22)15-4-3-13-24-15/h3-4,13-14H,1-2,5-12H2. The van der Waals surface area contributed by atoms with Gasteiger partial charge < -0.3 is 14.5 Å². The molecule has 3 aliphatic heterocycles. The van der Waals surface area contributed by atoms with Gasteiger partial charge in [-0.05, 0) is 50.0 Å². The summed E-state index contributed by atoms with van der Waals surface area (Å²) in [6, 6.07) is 3.80. The van der Waals surface area contributed by atoms with Crippen LogP contribution in [0, 0.1) is 0 Å². The van der Waals surface area contributed by atoms with Gasteiger partial charge in [-0.25, -0.2) is 0 Å². The molecule has 4 rings (SSSR count). The van der Waals surface area contributed by atoms with Crippen molar-refractivity contribution >= 4 is 23.2 Å². The highest BCUT2D eigenvalue weighted by atomic mass is 32.1. The number of rotatable bonds is 2. The van der Waals surface area contributed by atoms with Crippen LogP contribution in [-0.2, 0) is 9.53 Å². The molecule has 3 aliphatic rings. The molecule has 2 amide bonds. The molecule has 5 nitrogen and oxygen atoms in total. The zero-order valence-electron chi connectivity index (χ0n) is 13.9. The van der Waals surface area contributed by atoms with E-state index in [4.69, 9.17) is 4.74 Å². The largest absolute Gasteiger partial charge is 0.362 e. The first-order valence-electron chi connectivity index (χ1n) is 8.96. The molecule has 1 atom stereocenters. The van der Waals surface area contributed by atoms with E-state index in [1.54, 1.807) is 0 Å². The smallest absolute Gasteiger partial charge is 0.263 e. The second-order valence-electron chi connectivity index (χ2n) is 7.13. The fraction of sp³-hybridized carbons (Fsp3) is 0.667. The average molecular weight is 348 g/mol. The van der Waals surface area contributed by atoms with E-state index in [1.165, 1.54) is 11.3 Å². The van der Waals surface area contributed by atoms with Gasteiger partial charge in [-0.15, -0.1) is 11.3 Å². The first kappa shape index (κ1) is 16.1. The van der Waals surface area contributed by atoms with Crippen molar-refractivity contribution in [2.24, 2.45) is 0 Å². The van der Waals surface area contributed by atoms with Crippen LogP contribution in [0.1, 0.15) is 48.2 Å². The number of amides is 2. The summed E-state index contributed by atoms with van der Waals surface area (Å²) >= 11 is 1.49. The van der Waals surface area contributed by atoms with E-state index in [0.29, 0.717) is 0 Å². The van der Waals surface area contributed by atoms with Gasteiger partial charge in [0.15, 0.2) is 0 Å². The summed E-state index contributed by atoms with van der Waals surface area (Å²) in [6.07, 6.45) is 5.42. The number of carbonyl (C=O) groups excluding carboxylic acids is 2. The number of nitrogens with zero attached hydrogens (tertiary/aromatic N) is 2. The number of hydrogen-bond donors (Lipinski definition) is 0. The van der Waals surface area contributed by atoms with Gasteiger partial charge in [-0.2, -0.15) is 0 Å². The van der Waals surface area contributed by atoms with Crippen LogP contribution < -0.4 is 0 Å². The number of thiophene rings is 1. The maximum atomic E-state index is 12.5. The zero-order chi connectivity index (χ0) is 16.6. The van der Waals surface area contributed by atoms with Crippen molar-refractivity contribution in [3.63, 3.8) is 0 Å². The lowest BCUT2D eigenvalue weighted by atomic mass is 9.88. The molecule has 1 unspecified atom stereocenters. The molecule has 0 saturated carbocycles. The van der Waals surface area contributed by atoms with Crippen molar-refractivity contribution in [1.82, 2.24) is 9.80 Å². The third kappa shape index (κ3) is 2.97. The molecule has 6 heteroatoms. The summed E-state index contributed by atoms with van der Waals surface area (Å²) in [7, 11) is 0. The summed E-state index contributed by atoms with van der Waals surface area (Å²) in [5, 5.41) is 1.94. The maximum absolute atomic E-state index is 12.5. The number of ether oxygens (including phenoxy) is 1. The zero-order valence-corrected chi connectivity index (χ0v) is 14.7. The van der Waals surface area contributed by atoms with Crippen LogP contribution in [0.15, 0.2) is 17.5 Å². The summed E-state index contributed by atoms with van der Waals surface area (Å²) < 4.78 is 6.26. The van der Waals surface area contributed by atoms with Crippen LogP contribution in [-0.4, -0.2) is 59.5 Å². The molecular formula is C18H24N2O3S. The highest BCUT2D eigenvalue weighted by Crippen LogP contribution is 2.40. The van der Waals surface area contributed by atoms with E-state index in [-0.39, 0.29) is 23.5 Å². The predicted octanol–water partition coefficient (Wildman–Crippen LogP) is 2.52. The quantitative estimate of drug-likeness (QED) is 0.825. The van der Waals surface area contributed by atoms with Gasteiger partial charge in [0, 0.05) is 26.2 Å². The second kappa shape index (κ2) is 6.48. The van der Waals surface area contributed by atoms with Gasteiger partial charge in [-0.1, -0.05) is 6.07 Å². The Morgan fingerprint density at radius 1 is 1.08 bits per heavy atom. The van der Waals surface area contributed by atoms with Crippen LogP contribution in [0.3, 0.4) is 0 Å². The molecule has 0 bridgehead atoms. The predicted molar refractivity (Wildman–Crippen MR) is 92.1 cm³/mol. The Bertz CT molecular complexity index is 602. The number of carbonyl (C=O) groups is 2. The van der Waals surface area contributed by atoms with Crippen molar-refractivity contribution in [2.45, 2.75) is 50.2 Å². The minimum atomic E-state index is -0.261. The number of hydrogen-bond acceptors (Lipinski definition) is 4. The van der Waals surface area contributed by atoms with E-state index in [1.807, 2.05) is 27.3 Å². The molecule has 0 aliphatic carbocycles. The van der Waals surface area contributed by atoms with Crippen LogP contribution in [0.25, 0.3) is 0 Å². The van der Waals surface area contributed by atoms with Gasteiger partial charge in [0.2, 0.25) is 0 Å². The van der Waals surface area contributed by atoms with Crippen LogP contribution in [0.2, 0.25) is 0 Å². The molecule has 130 valence electrons. The van der Waals surface area contributed by atoms with Gasteiger partial charge in [-0.3, -0.25) is 9.59 Å². The van der Waals surface area contributed by atoms with Crippen LogP contribution >= 0.6 is 11.3 Å². The van der Waals surface area contributed by atoms with Crippen molar-refractivity contribution in [3.05, 3.63) is 22.4 Å². The number of likely N-dealkylation sites (tertiary alicyclic amines) is 2. The summed E-state index contributed by atoms with van der Waals surface area (Å²) in [4.78, 5) is 29.7. The van der Waals surface area contributed by atoms with Gasteiger partial charge in [0.25, 0.3) is 11.8 Å². The SMILES string of the molecule is O=C(c1cccs1)N1CCC2(CCC(C(=O)N3CCCC3)O2)CC1. The lowest BCUT2D eigenvalue weighted by Gasteiger charge is -2.39. The molecule has 3 saturated heterocycles. The van der Waals surface area contributed by atoms with Crippen molar-refractivity contribution in [3.8, 4) is 0 Å². The first-order valence-corrected chi connectivity index (χ1v) is 9.84. The van der Waals surface area contributed by atoms with E-state index < -0.39 is 0 Å². The third-order valence-corrected chi connectivity index (χ3v) is 6.50. The molecular weight excluding hydrogens is 324 g/mol. The molecule has 1 aromatic rings. The Hall–Kier alpha value is -1.40. The lowest BCUT2D eigenvalue weighted by molar-refractivity contribution is -0.149. The number of piperidine rings is 1. The lowest BCUT2D eigenvalue weighted by Crippen LogP contribution is -2.47. The minimum absolute atomic E-state index is 0.127. The van der Waals surface area contributed by atoms with Crippen molar-refractivity contribution in [2.75, 3.05) is 26.2 Å². The molecule has 0 aromatic carbocycles. The molecule has 1 aromatic heterocycles. The van der Waals surface area contributed by atoms with Gasteiger partial charge >= 0.3 is 0 Å². The van der Waals surface area contributed by atoms with E-state index in [2.05, 4.69) is 0 Å². The van der Waals surface area contributed by atoms with Gasteiger partial charge in [0.05, 0.1) is 10.5 Å². The van der Waals surface area contributed by atoms with Crippen molar-refractivity contribution < 1.29 is 14.3 Å². The summed E-state index contributed by atoms with van der Waals surface area (Å²) in [6.45, 7) is 3.21. The fourth-order valence-electron chi connectivity index (χ4n) is 4.17. The molecule has 4 heterocycles. The Balaban J connectivity index is 1.34. The topological polar surface area (TPSA) is 49.9 Å². The van der Waals surface area contributed by atoms with Crippen LogP contribution in [0.4, 0.5) is 0 Å². The van der Waals surface area contributed by atoms with E-state index >= 15 is 0 Å². The normalized spacial score (nSPS) is 26.2.